The van der Waals surface area contributed by atoms with Crippen LogP contribution in [0.25, 0.3) is 10.7 Å². The molecule has 0 atom stereocenters. The number of tetrazole rings is 1. The Morgan fingerprint density at radius 3 is 2.85 bits per heavy atom. The molecule has 106 valence electrons. The number of aliphatic carboxylic acids is 1. The van der Waals surface area contributed by atoms with Crippen LogP contribution < -0.4 is 0 Å². The van der Waals surface area contributed by atoms with Crippen molar-refractivity contribution in [3.05, 3.63) is 16.5 Å². The second-order valence-corrected chi connectivity index (χ2v) is 6.68. The fourth-order valence-electron chi connectivity index (χ4n) is 2.41. The van der Waals surface area contributed by atoms with Gasteiger partial charge in [0.15, 0.2) is 11.4 Å². The van der Waals surface area contributed by atoms with E-state index >= 15 is 0 Å². The Morgan fingerprint density at radius 2 is 2.15 bits per heavy atom. The van der Waals surface area contributed by atoms with Crippen LogP contribution in [0.5, 0.6) is 0 Å². The van der Waals surface area contributed by atoms with Gasteiger partial charge in [-0.05, 0) is 61.6 Å². The molecule has 7 heteroatoms. The molecule has 6 nitrogen and oxygen atoms in total. The van der Waals surface area contributed by atoms with E-state index in [0.717, 1.165) is 17.7 Å². The van der Waals surface area contributed by atoms with Crippen LogP contribution in [0, 0.1) is 0 Å². The van der Waals surface area contributed by atoms with Gasteiger partial charge in [-0.15, -0.1) is 16.4 Å². The smallest absolute Gasteiger partial charge is 0.331 e. The van der Waals surface area contributed by atoms with Crippen molar-refractivity contribution in [2.75, 3.05) is 0 Å². The largest absolute Gasteiger partial charge is 0.479 e. The fourth-order valence-corrected chi connectivity index (χ4v) is 3.63. The molecule has 0 aromatic carbocycles. The predicted molar refractivity (Wildman–Crippen MR) is 74.7 cm³/mol. The number of rotatable bonds is 3. The Kier molecular flexibility index (Phi) is 3.08. The van der Waals surface area contributed by atoms with Crippen molar-refractivity contribution in [1.29, 1.82) is 0 Å². The van der Waals surface area contributed by atoms with Crippen LogP contribution >= 0.6 is 11.3 Å². The summed E-state index contributed by atoms with van der Waals surface area (Å²) >= 11 is 1.68. The van der Waals surface area contributed by atoms with Crippen LogP contribution in [-0.4, -0.2) is 31.3 Å². The van der Waals surface area contributed by atoms with E-state index in [4.69, 9.17) is 0 Å². The van der Waals surface area contributed by atoms with Crippen LogP contribution in [0.1, 0.15) is 37.1 Å². The number of carbonyl (C=O) groups is 1. The number of hydrogen-bond acceptors (Lipinski definition) is 5. The standard InChI is InChI=1S/C13H16N4O2S/c1-13(2,12(18)19)17-11(14-15-16-17)10-7-8-5-3-4-6-9(8)20-10/h7H,3-6H2,1-2H3,(H,18,19). The van der Waals surface area contributed by atoms with E-state index in [1.807, 2.05) is 0 Å². The molecular weight excluding hydrogens is 276 g/mol. The number of thiophene rings is 1. The van der Waals surface area contributed by atoms with Crippen LogP contribution in [0.2, 0.25) is 0 Å². The summed E-state index contributed by atoms with van der Waals surface area (Å²) in [6.45, 7) is 3.20. The molecule has 0 saturated carbocycles. The Morgan fingerprint density at radius 1 is 1.40 bits per heavy atom. The zero-order valence-corrected chi connectivity index (χ0v) is 12.3. The summed E-state index contributed by atoms with van der Waals surface area (Å²) in [7, 11) is 0. The number of hydrogen-bond donors (Lipinski definition) is 1. The maximum Gasteiger partial charge on any atom is 0.331 e. The average molecular weight is 292 g/mol. The molecule has 20 heavy (non-hydrogen) atoms. The number of fused-ring (bicyclic) bond motifs is 1. The summed E-state index contributed by atoms with van der Waals surface area (Å²) in [4.78, 5) is 13.7. The lowest BCUT2D eigenvalue weighted by atomic mass is 9.99. The Hall–Kier alpha value is -1.76. The van der Waals surface area contributed by atoms with Gasteiger partial charge >= 0.3 is 5.97 Å². The summed E-state index contributed by atoms with van der Waals surface area (Å²) in [5, 5.41) is 20.9. The maximum absolute atomic E-state index is 11.4. The molecule has 0 aliphatic heterocycles. The molecule has 3 rings (SSSR count). The first-order chi connectivity index (χ1) is 9.50. The number of aromatic nitrogens is 4. The number of nitrogens with zero attached hydrogens (tertiary/aromatic N) is 4. The molecule has 1 N–H and O–H groups in total. The van der Waals surface area contributed by atoms with Crippen molar-refractivity contribution in [2.24, 2.45) is 0 Å². The third kappa shape index (κ3) is 2.02. The van der Waals surface area contributed by atoms with Gasteiger partial charge in [0.05, 0.1) is 4.88 Å². The lowest BCUT2D eigenvalue weighted by Crippen LogP contribution is -2.37. The van der Waals surface area contributed by atoms with Crippen molar-refractivity contribution in [3.63, 3.8) is 0 Å². The highest BCUT2D eigenvalue weighted by atomic mass is 32.1. The molecule has 2 heterocycles. The van der Waals surface area contributed by atoms with Gasteiger partial charge in [0, 0.05) is 4.88 Å². The minimum absolute atomic E-state index is 0.539. The molecule has 0 amide bonds. The first-order valence-electron chi connectivity index (χ1n) is 6.64. The van der Waals surface area contributed by atoms with E-state index in [2.05, 4.69) is 21.6 Å². The zero-order chi connectivity index (χ0) is 14.3. The summed E-state index contributed by atoms with van der Waals surface area (Å²) in [5.41, 5.74) is 0.197. The summed E-state index contributed by atoms with van der Waals surface area (Å²) in [6.07, 6.45) is 4.63. The predicted octanol–water partition coefficient (Wildman–Crippen LogP) is 2.10. The van der Waals surface area contributed by atoms with Gasteiger partial charge < -0.3 is 5.11 Å². The van der Waals surface area contributed by atoms with E-state index in [1.165, 1.54) is 28.0 Å². The molecule has 0 saturated heterocycles. The first-order valence-corrected chi connectivity index (χ1v) is 7.46. The normalized spacial score (nSPS) is 15.1. The van der Waals surface area contributed by atoms with Crippen LogP contribution in [0.15, 0.2) is 6.07 Å². The van der Waals surface area contributed by atoms with Crippen LogP contribution in [0.4, 0.5) is 0 Å². The Bertz CT molecular complexity index is 636. The van der Waals surface area contributed by atoms with Crippen LogP contribution in [0.3, 0.4) is 0 Å². The Balaban J connectivity index is 2.06. The van der Waals surface area contributed by atoms with Gasteiger partial charge in [0.2, 0.25) is 0 Å². The fraction of sp³-hybridized carbons (Fsp3) is 0.538. The molecule has 0 radical (unpaired) electrons. The van der Waals surface area contributed by atoms with E-state index in [-0.39, 0.29) is 0 Å². The van der Waals surface area contributed by atoms with Gasteiger partial charge in [-0.2, -0.15) is 0 Å². The second kappa shape index (κ2) is 4.66. The third-order valence-electron chi connectivity index (χ3n) is 3.74. The van der Waals surface area contributed by atoms with Crippen molar-refractivity contribution >= 4 is 17.3 Å². The van der Waals surface area contributed by atoms with Gasteiger partial charge in [-0.25, -0.2) is 9.48 Å². The van der Waals surface area contributed by atoms with E-state index < -0.39 is 11.5 Å². The minimum atomic E-state index is -1.16. The topological polar surface area (TPSA) is 80.9 Å². The molecule has 1 aliphatic rings. The zero-order valence-electron chi connectivity index (χ0n) is 11.5. The van der Waals surface area contributed by atoms with Crippen molar-refractivity contribution in [3.8, 4) is 10.7 Å². The van der Waals surface area contributed by atoms with Gasteiger partial charge in [0.25, 0.3) is 0 Å². The minimum Gasteiger partial charge on any atom is -0.479 e. The summed E-state index contributed by atoms with van der Waals surface area (Å²) in [5.74, 6) is -0.413. The molecule has 2 aromatic rings. The highest BCUT2D eigenvalue weighted by Gasteiger charge is 2.34. The van der Waals surface area contributed by atoms with Gasteiger partial charge in [0.1, 0.15) is 0 Å². The highest BCUT2D eigenvalue weighted by molar-refractivity contribution is 7.15. The lowest BCUT2D eigenvalue weighted by molar-refractivity contribution is -0.146. The Labute approximate surface area is 120 Å². The molecule has 0 unspecified atom stereocenters. The maximum atomic E-state index is 11.4. The van der Waals surface area contributed by atoms with Crippen molar-refractivity contribution < 1.29 is 9.90 Å². The third-order valence-corrected chi connectivity index (χ3v) is 4.97. The van der Waals surface area contributed by atoms with Gasteiger partial charge in [-0.1, -0.05) is 0 Å². The van der Waals surface area contributed by atoms with Gasteiger partial charge in [-0.3, -0.25) is 0 Å². The van der Waals surface area contributed by atoms with E-state index in [9.17, 15) is 9.90 Å². The molecule has 0 fully saturated rings. The molecular formula is C13H16N4O2S. The average Bonchev–Trinajstić information content (AvgIpc) is 3.04. The number of carboxylic acid groups (broad SMARTS) is 1. The monoisotopic (exact) mass is 292 g/mol. The molecule has 2 aromatic heterocycles. The first kappa shape index (κ1) is 13.2. The quantitative estimate of drug-likeness (QED) is 0.937. The van der Waals surface area contributed by atoms with E-state index in [1.54, 1.807) is 25.2 Å². The SMILES string of the molecule is CC(C)(C(=O)O)n1nnnc1-c1cc2c(s1)CCCC2. The number of aryl methyl sites for hydroxylation is 2. The summed E-state index contributed by atoms with van der Waals surface area (Å²) in [6, 6.07) is 2.11. The summed E-state index contributed by atoms with van der Waals surface area (Å²) < 4.78 is 1.40. The molecule has 1 aliphatic carbocycles. The second-order valence-electron chi connectivity index (χ2n) is 5.54. The highest BCUT2D eigenvalue weighted by Crippen LogP contribution is 2.35. The van der Waals surface area contributed by atoms with Crippen molar-refractivity contribution in [1.82, 2.24) is 20.2 Å². The lowest BCUT2D eigenvalue weighted by Gasteiger charge is -2.19. The number of carboxylic acids is 1. The molecule has 0 bridgehead atoms. The van der Waals surface area contributed by atoms with E-state index in [0.29, 0.717) is 5.82 Å². The van der Waals surface area contributed by atoms with Crippen molar-refractivity contribution in [2.45, 2.75) is 45.1 Å². The van der Waals surface area contributed by atoms with Crippen LogP contribution in [-0.2, 0) is 23.2 Å². The molecule has 0 spiro atoms.